The second-order valence-corrected chi connectivity index (χ2v) is 4.28. The molecule has 2 heteroatoms. The number of unbranched alkanes of at least 4 members (excludes halogenated alkanes) is 8. The van der Waals surface area contributed by atoms with Crippen LogP contribution in [0.4, 0.5) is 0 Å². The molecule has 0 rings (SSSR count). The average Bonchev–Trinajstić information content (AvgIpc) is 2.15. The summed E-state index contributed by atoms with van der Waals surface area (Å²) in [6, 6.07) is 0. The fourth-order valence-electron chi connectivity index (χ4n) is 1.68. The third-order valence-electron chi connectivity index (χ3n) is 2.63. The average molecular weight is 238 g/mol. The maximum absolute atomic E-state index is 10.7. The Labute approximate surface area is 140 Å². The zero-order chi connectivity index (χ0) is 10.6. The van der Waals surface area contributed by atoms with Crippen LogP contribution in [0.1, 0.15) is 79.5 Å². The SMILES string of the molecule is CCCCCCCCCCCC(C)=O.[H-].[K+]. The summed E-state index contributed by atoms with van der Waals surface area (Å²) in [5.41, 5.74) is 0. The third kappa shape index (κ3) is 17.9. The first kappa shape index (κ1) is 18.7. The molecule has 0 amide bonds. The number of ketones is 1. The molecule has 0 saturated heterocycles. The van der Waals surface area contributed by atoms with Crippen molar-refractivity contribution >= 4 is 5.78 Å². The van der Waals surface area contributed by atoms with Crippen molar-refractivity contribution in [1.29, 1.82) is 0 Å². The van der Waals surface area contributed by atoms with Gasteiger partial charge in [-0.05, 0) is 13.3 Å². The van der Waals surface area contributed by atoms with E-state index in [9.17, 15) is 4.79 Å². The topological polar surface area (TPSA) is 17.1 Å². The fraction of sp³-hybridized carbons (Fsp3) is 0.923. The predicted molar refractivity (Wildman–Crippen MR) is 63.6 cm³/mol. The van der Waals surface area contributed by atoms with Gasteiger partial charge in [0.1, 0.15) is 5.78 Å². The van der Waals surface area contributed by atoms with E-state index < -0.39 is 0 Å². The second-order valence-electron chi connectivity index (χ2n) is 4.28. The van der Waals surface area contributed by atoms with Crippen molar-refractivity contribution in [3.63, 3.8) is 0 Å². The van der Waals surface area contributed by atoms with Gasteiger partial charge in [-0.3, -0.25) is 0 Å². The van der Waals surface area contributed by atoms with Crippen LogP contribution in [-0.4, -0.2) is 5.78 Å². The number of hydrogen-bond acceptors (Lipinski definition) is 1. The number of rotatable bonds is 10. The molecule has 1 nitrogen and oxygen atoms in total. The molecule has 0 aromatic rings. The van der Waals surface area contributed by atoms with Gasteiger partial charge in [-0.15, -0.1) is 0 Å². The minimum absolute atomic E-state index is 0. The Balaban J connectivity index is -0.000000845. The Morgan fingerprint density at radius 1 is 0.867 bits per heavy atom. The molecule has 0 fully saturated rings. The van der Waals surface area contributed by atoms with Gasteiger partial charge in [-0.2, -0.15) is 0 Å². The van der Waals surface area contributed by atoms with Gasteiger partial charge in [-0.25, -0.2) is 0 Å². The molecular weight excluding hydrogens is 211 g/mol. The van der Waals surface area contributed by atoms with Crippen molar-refractivity contribution in [2.24, 2.45) is 0 Å². The van der Waals surface area contributed by atoms with E-state index in [1.807, 2.05) is 0 Å². The standard InChI is InChI=1S/C13H26O.K.H/c1-3-4-5-6-7-8-9-10-11-12-13(2)14;;/h3-12H2,1-2H3;;/q;+1;-1. The van der Waals surface area contributed by atoms with Gasteiger partial charge < -0.3 is 6.22 Å². The Kier molecular flexibility index (Phi) is 19.0. The smallest absolute Gasteiger partial charge is 1.00 e. The molecule has 0 atom stereocenters. The quantitative estimate of drug-likeness (QED) is 0.417. The Bertz CT molecular complexity index is 140. The first-order chi connectivity index (χ1) is 6.77. The predicted octanol–water partition coefficient (Wildman–Crippen LogP) is 1.61. The van der Waals surface area contributed by atoms with Gasteiger partial charge in [-0.1, -0.05) is 58.3 Å². The zero-order valence-electron chi connectivity index (χ0n) is 12.0. The van der Waals surface area contributed by atoms with E-state index in [0.29, 0.717) is 5.78 Å². The zero-order valence-corrected chi connectivity index (χ0v) is 14.1. The fourth-order valence-corrected chi connectivity index (χ4v) is 1.68. The molecule has 0 heterocycles. The van der Waals surface area contributed by atoms with E-state index in [-0.39, 0.29) is 52.8 Å². The van der Waals surface area contributed by atoms with E-state index in [4.69, 9.17) is 0 Å². The van der Waals surface area contributed by atoms with Crippen molar-refractivity contribution in [3.8, 4) is 0 Å². The van der Waals surface area contributed by atoms with Crippen LogP contribution in [0, 0.1) is 0 Å². The largest absolute Gasteiger partial charge is 1.00 e. The van der Waals surface area contributed by atoms with Gasteiger partial charge >= 0.3 is 51.4 Å². The molecule has 0 aromatic heterocycles. The van der Waals surface area contributed by atoms with Crippen molar-refractivity contribution in [3.05, 3.63) is 0 Å². The van der Waals surface area contributed by atoms with Crippen LogP contribution >= 0.6 is 0 Å². The summed E-state index contributed by atoms with van der Waals surface area (Å²) in [5, 5.41) is 0. The molecule has 0 aliphatic heterocycles. The molecular formula is C13H27KO. The van der Waals surface area contributed by atoms with Crippen molar-refractivity contribution in [1.82, 2.24) is 0 Å². The molecule has 0 N–H and O–H groups in total. The van der Waals surface area contributed by atoms with Crippen LogP contribution in [0.15, 0.2) is 0 Å². The minimum Gasteiger partial charge on any atom is -1.00 e. The Hall–Kier alpha value is 1.31. The van der Waals surface area contributed by atoms with Crippen LogP contribution in [0.2, 0.25) is 0 Å². The van der Waals surface area contributed by atoms with Crippen LogP contribution in [0.3, 0.4) is 0 Å². The van der Waals surface area contributed by atoms with Crippen LogP contribution < -0.4 is 51.4 Å². The van der Waals surface area contributed by atoms with Crippen molar-refractivity contribution < 1.29 is 57.6 Å². The van der Waals surface area contributed by atoms with E-state index in [0.717, 1.165) is 12.8 Å². The summed E-state index contributed by atoms with van der Waals surface area (Å²) in [5.74, 6) is 0.341. The van der Waals surface area contributed by atoms with Gasteiger partial charge in [0.15, 0.2) is 0 Å². The first-order valence-electron chi connectivity index (χ1n) is 6.26. The maximum atomic E-state index is 10.7. The molecule has 0 aromatic carbocycles. The van der Waals surface area contributed by atoms with Crippen molar-refractivity contribution in [2.75, 3.05) is 0 Å². The summed E-state index contributed by atoms with van der Waals surface area (Å²) in [6.45, 7) is 3.94. The van der Waals surface area contributed by atoms with E-state index in [1.54, 1.807) is 6.92 Å². The number of carbonyl (C=O) groups excluding carboxylic acids is 1. The molecule has 15 heavy (non-hydrogen) atoms. The maximum Gasteiger partial charge on any atom is 1.00 e. The van der Waals surface area contributed by atoms with Gasteiger partial charge in [0, 0.05) is 6.42 Å². The normalized spacial score (nSPS) is 9.73. The third-order valence-corrected chi connectivity index (χ3v) is 2.63. The molecule has 0 radical (unpaired) electrons. The summed E-state index contributed by atoms with van der Waals surface area (Å²) in [6.07, 6.45) is 12.7. The minimum atomic E-state index is 0. The summed E-state index contributed by atoms with van der Waals surface area (Å²) >= 11 is 0. The summed E-state index contributed by atoms with van der Waals surface area (Å²) in [7, 11) is 0. The van der Waals surface area contributed by atoms with Crippen LogP contribution in [0.5, 0.6) is 0 Å². The molecule has 0 spiro atoms. The molecule has 0 bridgehead atoms. The molecule has 0 aliphatic rings. The van der Waals surface area contributed by atoms with E-state index >= 15 is 0 Å². The van der Waals surface area contributed by atoms with E-state index in [2.05, 4.69) is 6.92 Å². The Morgan fingerprint density at radius 2 is 1.27 bits per heavy atom. The summed E-state index contributed by atoms with van der Waals surface area (Å²) in [4.78, 5) is 10.7. The van der Waals surface area contributed by atoms with Gasteiger partial charge in [0.25, 0.3) is 0 Å². The number of Topliss-reactive ketones (excluding diaryl/α,β-unsaturated/α-hetero) is 1. The van der Waals surface area contributed by atoms with Gasteiger partial charge in [0.05, 0.1) is 0 Å². The first-order valence-corrected chi connectivity index (χ1v) is 6.26. The molecule has 0 unspecified atom stereocenters. The summed E-state index contributed by atoms with van der Waals surface area (Å²) < 4.78 is 0. The number of carbonyl (C=O) groups is 1. The van der Waals surface area contributed by atoms with Crippen LogP contribution in [0.25, 0.3) is 0 Å². The van der Waals surface area contributed by atoms with E-state index in [1.165, 1.54) is 51.4 Å². The monoisotopic (exact) mass is 238 g/mol. The molecule has 0 saturated carbocycles. The molecule has 0 aliphatic carbocycles. The second kappa shape index (κ2) is 15.3. The van der Waals surface area contributed by atoms with Crippen molar-refractivity contribution in [2.45, 2.75) is 78.1 Å². The van der Waals surface area contributed by atoms with Gasteiger partial charge in [0.2, 0.25) is 0 Å². The van der Waals surface area contributed by atoms with Crippen LogP contribution in [-0.2, 0) is 4.79 Å². The number of hydrogen-bond donors (Lipinski definition) is 0. The molecule has 86 valence electrons. The Morgan fingerprint density at radius 3 is 1.67 bits per heavy atom.